The predicted molar refractivity (Wildman–Crippen MR) is 130 cm³/mol. The summed E-state index contributed by atoms with van der Waals surface area (Å²) >= 11 is 0. The van der Waals surface area contributed by atoms with E-state index in [4.69, 9.17) is 4.74 Å². The second kappa shape index (κ2) is 14.4. The number of guanidine groups is 1. The summed E-state index contributed by atoms with van der Waals surface area (Å²) in [6, 6.07) is 7.89. The van der Waals surface area contributed by atoms with E-state index in [1.807, 2.05) is 29.2 Å². The Balaban J connectivity index is 0.00000420. The zero-order valence-corrected chi connectivity index (χ0v) is 20.2. The average molecular weight is 517 g/mol. The van der Waals surface area contributed by atoms with Gasteiger partial charge in [0.2, 0.25) is 0 Å². The molecule has 1 aromatic carbocycles. The van der Waals surface area contributed by atoms with Crippen LogP contribution in [0.2, 0.25) is 0 Å². The Morgan fingerprint density at radius 3 is 2.69 bits per heavy atom. The van der Waals surface area contributed by atoms with Gasteiger partial charge in [0, 0.05) is 52.1 Å². The molecule has 1 aromatic rings. The van der Waals surface area contributed by atoms with E-state index in [2.05, 4.69) is 34.8 Å². The number of halogens is 1. The second-order valence-corrected chi connectivity index (χ2v) is 7.50. The van der Waals surface area contributed by atoms with Gasteiger partial charge in [-0.2, -0.15) is 0 Å². The highest BCUT2D eigenvalue weighted by molar-refractivity contribution is 14.0. The molecule has 7 nitrogen and oxygen atoms in total. The minimum absolute atomic E-state index is 0. The van der Waals surface area contributed by atoms with Gasteiger partial charge in [0.1, 0.15) is 0 Å². The van der Waals surface area contributed by atoms with E-state index in [0.717, 1.165) is 69.3 Å². The molecule has 0 saturated carbocycles. The number of hydrogen-bond acceptors (Lipinski definition) is 3. The maximum absolute atomic E-state index is 12.2. The fourth-order valence-corrected chi connectivity index (χ4v) is 2.99. The van der Waals surface area contributed by atoms with E-state index in [0.29, 0.717) is 12.5 Å². The van der Waals surface area contributed by atoms with E-state index >= 15 is 0 Å². The molecule has 1 fully saturated rings. The number of aliphatic imine (C=N–C) groups is 1. The van der Waals surface area contributed by atoms with Crippen molar-refractivity contribution in [1.29, 1.82) is 0 Å². The fourth-order valence-electron chi connectivity index (χ4n) is 2.99. The van der Waals surface area contributed by atoms with Gasteiger partial charge in [-0.25, -0.2) is 4.79 Å². The number of carbonyl (C=O) groups is 1. The minimum atomic E-state index is -0.0141. The Morgan fingerprint density at radius 1 is 1.24 bits per heavy atom. The highest BCUT2D eigenvalue weighted by Gasteiger charge is 2.17. The molecule has 3 N–H and O–H groups in total. The van der Waals surface area contributed by atoms with Crippen molar-refractivity contribution in [2.75, 3.05) is 45.2 Å². The SMILES string of the molecule is CN=C(NCCCOCC(C)C)NCc1cccc(NC(=O)N2CCCC2)c1.I. The van der Waals surface area contributed by atoms with Gasteiger partial charge in [-0.05, 0) is 42.9 Å². The third-order valence-corrected chi connectivity index (χ3v) is 4.46. The first-order chi connectivity index (χ1) is 13.6. The van der Waals surface area contributed by atoms with Crippen LogP contribution >= 0.6 is 24.0 Å². The first-order valence-corrected chi connectivity index (χ1v) is 10.3. The number of urea groups is 1. The molecule has 0 radical (unpaired) electrons. The lowest BCUT2D eigenvalue weighted by Crippen LogP contribution is -2.37. The van der Waals surface area contributed by atoms with Crippen LogP contribution in [0.25, 0.3) is 0 Å². The molecule has 2 rings (SSSR count). The molecular weight excluding hydrogens is 481 g/mol. The largest absolute Gasteiger partial charge is 0.381 e. The smallest absolute Gasteiger partial charge is 0.321 e. The number of likely N-dealkylation sites (tertiary alicyclic amines) is 1. The van der Waals surface area contributed by atoms with Crippen LogP contribution in [0, 0.1) is 5.92 Å². The van der Waals surface area contributed by atoms with Crippen LogP contribution in [0.5, 0.6) is 0 Å². The number of anilines is 1. The normalized spacial score (nSPS) is 13.9. The van der Waals surface area contributed by atoms with Crippen molar-refractivity contribution in [2.24, 2.45) is 10.9 Å². The van der Waals surface area contributed by atoms with Crippen molar-refractivity contribution in [3.05, 3.63) is 29.8 Å². The summed E-state index contributed by atoms with van der Waals surface area (Å²) in [6.45, 7) is 8.99. The second-order valence-electron chi connectivity index (χ2n) is 7.50. The van der Waals surface area contributed by atoms with Crippen molar-refractivity contribution < 1.29 is 9.53 Å². The number of benzene rings is 1. The van der Waals surface area contributed by atoms with Gasteiger partial charge in [0.25, 0.3) is 0 Å². The average Bonchev–Trinajstić information content (AvgIpc) is 3.22. The Kier molecular flexibility index (Phi) is 12.7. The van der Waals surface area contributed by atoms with Gasteiger partial charge in [-0.1, -0.05) is 26.0 Å². The molecule has 0 aliphatic carbocycles. The molecule has 8 heteroatoms. The predicted octanol–water partition coefficient (Wildman–Crippen LogP) is 3.66. The summed E-state index contributed by atoms with van der Waals surface area (Å²) in [7, 11) is 1.76. The van der Waals surface area contributed by atoms with Crippen molar-refractivity contribution in [3.63, 3.8) is 0 Å². The molecule has 2 amide bonds. The van der Waals surface area contributed by atoms with E-state index in [1.165, 1.54) is 0 Å². The molecular formula is C21H36IN5O2. The van der Waals surface area contributed by atoms with Crippen molar-refractivity contribution >= 4 is 41.7 Å². The van der Waals surface area contributed by atoms with Crippen LogP contribution in [-0.4, -0.2) is 56.8 Å². The van der Waals surface area contributed by atoms with Gasteiger partial charge in [-0.15, -0.1) is 24.0 Å². The maximum atomic E-state index is 12.2. The van der Waals surface area contributed by atoms with Crippen LogP contribution in [0.3, 0.4) is 0 Å². The summed E-state index contributed by atoms with van der Waals surface area (Å²) in [5.41, 5.74) is 1.91. The lowest BCUT2D eigenvalue weighted by molar-refractivity contribution is 0.108. The molecule has 164 valence electrons. The molecule has 0 aromatic heterocycles. The Morgan fingerprint density at radius 2 is 2.00 bits per heavy atom. The minimum Gasteiger partial charge on any atom is -0.381 e. The summed E-state index contributed by atoms with van der Waals surface area (Å²) in [4.78, 5) is 18.3. The molecule has 0 atom stereocenters. The topological polar surface area (TPSA) is 78.0 Å². The summed E-state index contributed by atoms with van der Waals surface area (Å²) in [5, 5.41) is 9.59. The monoisotopic (exact) mass is 517 g/mol. The molecule has 0 spiro atoms. The van der Waals surface area contributed by atoms with Crippen LogP contribution in [0.4, 0.5) is 10.5 Å². The number of nitrogens with one attached hydrogen (secondary N) is 3. The van der Waals surface area contributed by atoms with Gasteiger partial charge in [-0.3, -0.25) is 4.99 Å². The fraction of sp³-hybridized carbons (Fsp3) is 0.619. The third-order valence-electron chi connectivity index (χ3n) is 4.46. The number of ether oxygens (including phenoxy) is 1. The highest BCUT2D eigenvalue weighted by atomic mass is 127. The summed E-state index contributed by atoms with van der Waals surface area (Å²) in [5.74, 6) is 1.33. The van der Waals surface area contributed by atoms with Crippen molar-refractivity contribution in [3.8, 4) is 0 Å². The Labute approximate surface area is 192 Å². The van der Waals surface area contributed by atoms with E-state index in [9.17, 15) is 4.79 Å². The number of nitrogens with zero attached hydrogens (tertiary/aromatic N) is 2. The zero-order valence-electron chi connectivity index (χ0n) is 17.9. The Bertz CT molecular complexity index is 633. The molecule has 1 aliphatic heterocycles. The van der Waals surface area contributed by atoms with E-state index < -0.39 is 0 Å². The molecule has 0 bridgehead atoms. The first-order valence-electron chi connectivity index (χ1n) is 10.3. The standard InChI is InChI=1S/C21H35N5O2.HI/c1-17(2)16-28-13-7-10-23-20(22-3)24-15-18-8-6-9-19(14-18)25-21(27)26-11-4-5-12-26;/h6,8-9,14,17H,4-5,7,10-13,15-16H2,1-3H3,(H,25,27)(H2,22,23,24);1H. The van der Waals surface area contributed by atoms with Crippen LogP contribution in [-0.2, 0) is 11.3 Å². The van der Waals surface area contributed by atoms with Gasteiger partial charge in [0.15, 0.2) is 5.96 Å². The zero-order chi connectivity index (χ0) is 20.2. The number of hydrogen-bond donors (Lipinski definition) is 3. The number of amides is 2. The third kappa shape index (κ3) is 10.2. The van der Waals surface area contributed by atoms with Crippen LogP contribution in [0.1, 0.15) is 38.7 Å². The molecule has 1 heterocycles. The molecule has 1 saturated heterocycles. The first kappa shape index (κ1) is 25.5. The van der Waals surface area contributed by atoms with E-state index in [1.54, 1.807) is 7.05 Å². The highest BCUT2D eigenvalue weighted by Crippen LogP contribution is 2.14. The van der Waals surface area contributed by atoms with Gasteiger partial charge in [0.05, 0.1) is 0 Å². The maximum Gasteiger partial charge on any atom is 0.321 e. The molecule has 1 aliphatic rings. The van der Waals surface area contributed by atoms with E-state index in [-0.39, 0.29) is 30.0 Å². The van der Waals surface area contributed by atoms with Crippen molar-refractivity contribution in [2.45, 2.75) is 39.7 Å². The summed E-state index contributed by atoms with van der Waals surface area (Å²) in [6.07, 6.45) is 3.12. The Hall–Kier alpha value is -1.55. The number of carbonyl (C=O) groups excluding carboxylic acids is 1. The molecule has 0 unspecified atom stereocenters. The van der Waals surface area contributed by atoms with Gasteiger partial charge >= 0.3 is 6.03 Å². The number of rotatable bonds is 9. The lowest BCUT2D eigenvalue weighted by atomic mass is 10.2. The van der Waals surface area contributed by atoms with Gasteiger partial charge < -0.3 is 25.6 Å². The van der Waals surface area contributed by atoms with Crippen molar-refractivity contribution in [1.82, 2.24) is 15.5 Å². The lowest BCUT2D eigenvalue weighted by Gasteiger charge is -2.17. The van der Waals surface area contributed by atoms with Crippen LogP contribution in [0.15, 0.2) is 29.3 Å². The quantitative estimate of drug-likeness (QED) is 0.202. The summed E-state index contributed by atoms with van der Waals surface area (Å²) < 4.78 is 5.58. The van der Waals surface area contributed by atoms with Crippen LogP contribution < -0.4 is 16.0 Å². The molecule has 29 heavy (non-hydrogen) atoms.